The van der Waals surface area contributed by atoms with E-state index in [0.717, 1.165) is 28.1 Å². The predicted octanol–water partition coefficient (Wildman–Crippen LogP) is 10.0. The highest BCUT2D eigenvalue weighted by Gasteiger charge is 2.30. The summed E-state index contributed by atoms with van der Waals surface area (Å²) in [5, 5.41) is 1.01. The Kier molecular flexibility index (Phi) is 15.5. The fraction of sp³-hybridized carbons (Fsp3) is 0.417. The van der Waals surface area contributed by atoms with Crippen molar-refractivity contribution in [2.75, 3.05) is 41.1 Å². The fourth-order valence-corrected chi connectivity index (χ4v) is 6.90. The summed E-state index contributed by atoms with van der Waals surface area (Å²) in [6.45, 7) is 11.6. The predicted molar refractivity (Wildman–Crippen MR) is 197 cm³/mol. The molecule has 0 fully saturated rings. The summed E-state index contributed by atoms with van der Waals surface area (Å²) in [5.41, 5.74) is 1.91. The highest BCUT2D eigenvalue weighted by molar-refractivity contribution is 7.98. The van der Waals surface area contributed by atoms with Crippen LogP contribution in [0.1, 0.15) is 64.3 Å². The number of quaternary nitrogens is 1. The molecule has 0 N–H and O–H groups in total. The van der Waals surface area contributed by atoms with Gasteiger partial charge in [0.15, 0.2) is 15.0 Å². The number of methoxy groups -OCH3 is 1. The molecule has 4 rings (SSSR count). The third-order valence-corrected chi connectivity index (χ3v) is 10.1. The molecule has 1 aromatic heterocycles. The quantitative estimate of drug-likeness (QED) is 0.113. The van der Waals surface area contributed by atoms with Gasteiger partial charge in [-0.25, -0.2) is 22.2 Å². The van der Waals surface area contributed by atoms with Crippen LogP contribution in [0.5, 0.6) is 5.75 Å². The van der Waals surface area contributed by atoms with E-state index in [2.05, 4.69) is 33.1 Å². The van der Waals surface area contributed by atoms with Crippen LogP contribution in [-0.2, 0) is 21.0 Å². The minimum atomic E-state index is -3.62. The number of ether oxygens (including phenoxy) is 1. The van der Waals surface area contributed by atoms with Gasteiger partial charge in [-0.2, -0.15) is 0 Å². The van der Waals surface area contributed by atoms with Crippen molar-refractivity contribution in [1.29, 1.82) is 0 Å². The van der Waals surface area contributed by atoms with E-state index in [-0.39, 0.29) is 27.1 Å². The molecule has 12 heteroatoms. The molecule has 4 aromatic rings. The number of nitrogens with zero attached hydrogens (tertiary/aromatic N) is 3. The maximum absolute atomic E-state index is 14.9. The molecule has 48 heavy (non-hydrogen) atoms. The van der Waals surface area contributed by atoms with Gasteiger partial charge in [-0.3, -0.25) is 4.57 Å². The summed E-state index contributed by atoms with van der Waals surface area (Å²) in [6.07, 6.45) is 5.38. The molecule has 0 aliphatic rings. The maximum Gasteiger partial charge on any atom is 0.175 e. The first-order chi connectivity index (χ1) is 22.4. The van der Waals surface area contributed by atoms with Crippen LogP contribution >= 0.6 is 35.0 Å². The lowest BCUT2D eigenvalue weighted by Gasteiger charge is -2.28. The normalized spacial score (nSPS) is 11.7. The third-order valence-electron chi connectivity index (χ3n) is 7.40. The number of benzene rings is 3. The molecule has 0 unspecified atom stereocenters. The van der Waals surface area contributed by atoms with Crippen LogP contribution in [-0.4, -0.2) is 63.5 Å². The summed E-state index contributed by atoms with van der Waals surface area (Å²) >= 11 is 13.7. The second-order valence-corrected chi connectivity index (χ2v) is 16.3. The summed E-state index contributed by atoms with van der Waals surface area (Å²) in [7, 11) is 4.62. The van der Waals surface area contributed by atoms with Crippen molar-refractivity contribution in [3.05, 3.63) is 99.3 Å². The van der Waals surface area contributed by atoms with Crippen molar-refractivity contribution in [3.63, 3.8) is 0 Å². The molecular weight excluding hydrogens is 695 g/mol. The van der Waals surface area contributed by atoms with Crippen LogP contribution in [0.2, 0.25) is 10.0 Å². The molecule has 0 saturated heterocycles. The number of imidazole rings is 1. The standard InChI is InChI=1S/C27H24Cl2F2N2O3S2.C7H18N.C2H6/c1-27(2,16-5-10-21(28)24(11-16)36-3)25-14-32-26(33(25)18-8-6-17(30)7-9-18)37-15-20-22(29)12-19(13-23(20)31)38(4,34)35;1-5-6-7-8(2,3)4;1-2/h5-14H,15H2,1-4H3;5-7H2,1-4H3;1-2H3/q;+1;. The second kappa shape index (κ2) is 17.9. The van der Waals surface area contributed by atoms with Gasteiger partial charge in [0.05, 0.1) is 56.6 Å². The Balaban J connectivity index is 0.000000702. The van der Waals surface area contributed by atoms with Gasteiger partial charge in [0.1, 0.15) is 17.4 Å². The van der Waals surface area contributed by atoms with Crippen molar-refractivity contribution >= 4 is 44.8 Å². The van der Waals surface area contributed by atoms with Crippen LogP contribution in [0, 0.1) is 11.6 Å². The number of unbranched alkanes of at least 4 members (excludes halogenated alkanes) is 1. The molecule has 0 amide bonds. The number of sulfone groups is 1. The minimum absolute atomic E-state index is 0.00614. The van der Waals surface area contributed by atoms with Crippen molar-refractivity contribution in [2.24, 2.45) is 0 Å². The first-order valence-corrected chi connectivity index (χ1v) is 19.3. The lowest BCUT2D eigenvalue weighted by Crippen LogP contribution is -2.35. The highest BCUT2D eigenvalue weighted by Crippen LogP contribution is 2.40. The van der Waals surface area contributed by atoms with Gasteiger partial charge >= 0.3 is 0 Å². The Bertz CT molecular complexity index is 1730. The van der Waals surface area contributed by atoms with E-state index in [1.54, 1.807) is 31.5 Å². The summed E-state index contributed by atoms with van der Waals surface area (Å²) in [5.74, 6) is -0.491. The lowest BCUT2D eigenvalue weighted by atomic mass is 9.81. The van der Waals surface area contributed by atoms with E-state index in [1.165, 1.54) is 49.3 Å². The van der Waals surface area contributed by atoms with Crippen LogP contribution in [0.25, 0.3) is 5.69 Å². The van der Waals surface area contributed by atoms with Crippen LogP contribution in [0.15, 0.2) is 70.8 Å². The molecule has 6 nitrogen and oxygen atoms in total. The van der Waals surface area contributed by atoms with Crippen LogP contribution < -0.4 is 4.74 Å². The highest BCUT2D eigenvalue weighted by atomic mass is 35.5. The van der Waals surface area contributed by atoms with Gasteiger partial charge in [0, 0.05) is 33.7 Å². The van der Waals surface area contributed by atoms with E-state index in [4.69, 9.17) is 27.9 Å². The molecule has 3 aromatic carbocycles. The first-order valence-electron chi connectivity index (χ1n) is 15.7. The van der Waals surface area contributed by atoms with Gasteiger partial charge < -0.3 is 9.22 Å². The molecule has 0 atom stereocenters. The topological polar surface area (TPSA) is 61.2 Å². The Morgan fingerprint density at radius 1 is 0.979 bits per heavy atom. The Labute approximate surface area is 299 Å². The second-order valence-electron chi connectivity index (χ2n) is 12.5. The molecule has 0 spiro atoms. The van der Waals surface area contributed by atoms with Gasteiger partial charge in [0.2, 0.25) is 0 Å². The molecule has 0 bridgehead atoms. The molecule has 264 valence electrons. The summed E-state index contributed by atoms with van der Waals surface area (Å²) < 4.78 is 60.7. The number of thioether (sulfide) groups is 1. The van der Waals surface area contributed by atoms with E-state index < -0.39 is 21.1 Å². The smallest absolute Gasteiger partial charge is 0.175 e. The molecule has 0 radical (unpaired) electrons. The Morgan fingerprint density at radius 3 is 2.10 bits per heavy atom. The SMILES string of the molecule is CC.CCCC[N+](C)(C)C.COc1cc(C(C)(C)c2cnc(SCc3c(F)cc(S(C)(=O)=O)cc3Cl)n2-c2ccc(F)cc2)ccc1Cl. The average Bonchev–Trinajstić information content (AvgIpc) is 3.45. The monoisotopic (exact) mass is 742 g/mol. The number of hydrogen-bond donors (Lipinski definition) is 0. The number of aromatic nitrogens is 2. The van der Waals surface area contributed by atoms with Gasteiger partial charge in [-0.05, 0) is 60.5 Å². The largest absolute Gasteiger partial charge is 0.495 e. The van der Waals surface area contributed by atoms with Gasteiger partial charge in [0.25, 0.3) is 0 Å². The van der Waals surface area contributed by atoms with Crippen molar-refractivity contribution in [1.82, 2.24) is 9.55 Å². The van der Waals surface area contributed by atoms with Crippen molar-refractivity contribution < 1.29 is 26.4 Å². The number of hydrogen-bond acceptors (Lipinski definition) is 5. The molecule has 1 heterocycles. The molecule has 0 saturated carbocycles. The van der Waals surface area contributed by atoms with Crippen molar-refractivity contribution in [3.8, 4) is 11.4 Å². The number of halogens is 4. The molecular formula is C36H48Cl2F2N3O3S2+. The zero-order valence-corrected chi connectivity index (χ0v) is 32.6. The van der Waals surface area contributed by atoms with E-state index in [0.29, 0.717) is 21.6 Å². The van der Waals surface area contributed by atoms with Crippen LogP contribution in [0.3, 0.4) is 0 Å². The Hall–Kier alpha value is -2.63. The van der Waals surface area contributed by atoms with Gasteiger partial charge in [-0.1, -0.05) is 82.1 Å². The minimum Gasteiger partial charge on any atom is -0.495 e. The fourth-order valence-electron chi connectivity index (χ4n) is 4.61. The molecule has 0 aliphatic heterocycles. The van der Waals surface area contributed by atoms with Crippen molar-refractivity contribution in [2.45, 2.75) is 68.7 Å². The summed E-state index contributed by atoms with van der Waals surface area (Å²) in [6, 6.07) is 13.7. The summed E-state index contributed by atoms with van der Waals surface area (Å²) in [4.78, 5) is 4.42. The number of rotatable bonds is 11. The zero-order chi connectivity index (χ0) is 36.4. The van der Waals surface area contributed by atoms with E-state index in [1.807, 2.05) is 44.4 Å². The Morgan fingerprint density at radius 2 is 1.60 bits per heavy atom. The third kappa shape index (κ3) is 11.2. The maximum atomic E-state index is 14.9. The zero-order valence-electron chi connectivity index (χ0n) is 29.5. The molecule has 0 aliphatic carbocycles. The van der Waals surface area contributed by atoms with E-state index >= 15 is 0 Å². The average molecular weight is 744 g/mol. The van der Waals surface area contributed by atoms with Gasteiger partial charge in [-0.15, -0.1) is 0 Å². The van der Waals surface area contributed by atoms with E-state index in [9.17, 15) is 17.2 Å². The lowest BCUT2D eigenvalue weighted by molar-refractivity contribution is -0.870. The first kappa shape index (κ1) is 41.5. The van der Waals surface area contributed by atoms with Crippen LogP contribution in [0.4, 0.5) is 8.78 Å².